The van der Waals surface area contributed by atoms with E-state index < -0.39 is 0 Å². The lowest BCUT2D eigenvalue weighted by atomic mass is 10.1. The van der Waals surface area contributed by atoms with Crippen LogP contribution in [-0.2, 0) is 11.3 Å². The number of carbonyl (C=O) groups excluding carboxylic acids is 2. The normalized spacial score (nSPS) is 16.4. The minimum atomic E-state index is -0.240. The third-order valence-electron chi connectivity index (χ3n) is 3.74. The maximum Gasteiger partial charge on any atom is 0.293 e. The number of halogens is 1. The zero-order chi connectivity index (χ0) is 17.8. The molecule has 0 aromatic heterocycles. The quantitative estimate of drug-likeness (QED) is 0.616. The minimum absolute atomic E-state index is 0.228. The summed E-state index contributed by atoms with van der Waals surface area (Å²) in [7, 11) is 0. The first-order valence-electron chi connectivity index (χ1n) is 7.76. The van der Waals surface area contributed by atoms with Crippen LogP contribution in [0.15, 0.2) is 70.1 Å². The molecule has 3 rings (SSSR count). The molecule has 1 aliphatic rings. The predicted octanol–water partition coefficient (Wildman–Crippen LogP) is 5.55. The van der Waals surface area contributed by atoms with Gasteiger partial charge in [0.1, 0.15) is 0 Å². The van der Waals surface area contributed by atoms with Crippen molar-refractivity contribution in [2.75, 3.05) is 0 Å². The molecule has 0 saturated carbocycles. The molecule has 1 heterocycles. The van der Waals surface area contributed by atoms with Gasteiger partial charge in [-0.05, 0) is 48.0 Å². The van der Waals surface area contributed by atoms with Crippen molar-refractivity contribution < 1.29 is 9.59 Å². The topological polar surface area (TPSA) is 37.4 Å². The van der Waals surface area contributed by atoms with Crippen molar-refractivity contribution >= 4 is 44.9 Å². The summed E-state index contributed by atoms with van der Waals surface area (Å²) >= 11 is 4.37. The number of rotatable bonds is 4. The van der Waals surface area contributed by atoms with E-state index in [0.717, 1.165) is 32.9 Å². The van der Waals surface area contributed by atoms with Crippen LogP contribution in [0.1, 0.15) is 16.7 Å². The minimum Gasteiger partial charge on any atom is -0.268 e. The van der Waals surface area contributed by atoms with Crippen LogP contribution >= 0.6 is 27.7 Å². The molecule has 126 valence electrons. The zero-order valence-corrected chi connectivity index (χ0v) is 16.0. The van der Waals surface area contributed by atoms with Crippen LogP contribution in [0.2, 0.25) is 0 Å². The van der Waals surface area contributed by atoms with Gasteiger partial charge < -0.3 is 0 Å². The lowest BCUT2D eigenvalue weighted by molar-refractivity contribution is -0.123. The molecule has 1 aliphatic heterocycles. The van der Waals surface area contributed by atoms with Crippen molar-refractivity contribution in [2.45, 2.75) is 13.5 Å². The summed E-state index contributed by atoms with van der Waals surface area (Å²) in [5.41, 5.74) is 3.12. The highest BCUT2D eigenvalue weighted by atomic mass is 79.9. The first-order chi connectivity index (χ1) is 12.0. The largest absolute Gasteiger partial charge is 0.293 e. The van der Waals surface area contributed by atoms with Gasteiger partial charge in [-0.2, -0.15) is 0 Å². The molecule has 2 amide bonds. The Morgan fingerprint density at radius 2 is 1.72 bits per heavy atom. The molecule has 1 saturated heterocycles. The van der Waals surface area contributed by atoms with Gasteiger partial charge in [0.25, 0.3) is 11.1 Å². The first-order valence-corrected chi connectivity index (χ1v) is 9.37. The van der Waals surface area contributed by atoms with E-state index in [-0.39, 0.29) is 11.1 Å². The van der Waals surface area contributed by atoms with Crippen molar-refractivity contribution in [2.24, 2.45) is 0 Å². The molecule has 5 heteroatoms. The average Bonchev–Trinajstić information content (AvgIpc) is 2.86. The van der Waals surface area contributed by atoms with E-state index in [9.17, 15) is 9.59 Å². The highest BCUT2D eigenvalue weighted by Gasteiger charge is 2.34. The first kappa shape index (κ1) is 17.7. The molecule has 0 N–H and O–H groups in total. The molecule has 0 atom stereocenters. The fraction of sp³-hybridized carbons (Fsp3) is 0.100. The number of amides is 2. The summed E-state index contributed by atoms with van der Waals surface area (Å²) < 4.78 is 1.02. The number of carbonyl (C=O) groups is 2. The summed E-state index contributed by atoms with van der Waals surface area (Å²) in [6.45, 7) is 2.31. The lowest BCUT2D eigenvalue weighted by Crippen LogP contribution is -2.27. The van der Waals surface area contributed by atoms with Crippen LogP contribution in [0.5, 0.6) is 0 Å². The van der Waals surface area contributed by atoms with Crippen molar-refractivity contribution in [3.05, 3.63) is 86.8 Å². The smallest absolute Gasteiger partial charge is 0.268 e. The van der Waals surface area contributed by atoms with Crippen LogP contribution in [0.3, 0.4) is 0 Å². The van der Waals surface area contributed by atoms with E-state index in [4.69, 9.17) is 0 Å². The van der Waals surface area contributed by atoms with Gasteiger partial charge in [-0.15, -0.1) is 0 Å². The Morgan fingerprint density at radius 3 is 2.40 bits per heavy atom. The molecular weight excluding hydrogens is 398 g/mol. The third-order valence-corrected chi connectivity index (χ3v) is 5.20. The summed E-state index contributed by atoms with van der Waals surface area (Å²) in [6, 6.07) is 15.7. The number of benzene rings is 2. The second-order valence-corrected chi connectivity index (χ2v) is 7.60. The lowest BCUT2D eigenvalue weighted by Gasteiger charge is -2.12. The fourth-order valence-corrected chi connectivity index (χ4v) is 3.40. The van der Waals surface area contributed by atoms with Crippen LogP contribution in [-0.4, -0.2) is 16.0 Å². The average molecular weight is 414 g/mol. The van der Waals surface area contributed by atoms with Gasteiger partial charge in [0, 0.05) is 4.47 Å². The van der Waals surface area contributed by atoms with Gasteiger partial charge in [-0.3, -0.25) is 14.5 Å². The van der Waals surface area contributed by atoms with Crippen LogP contribution in [0.25, 0.3) is 6.08 Å². The summed E-state index contributed by atoms with van der Waals surface area (Å²) in [4.78, 5) is 26.3. The molecule has 2 aromatic carbocycles. The second-order valence-electron chi connectivity index (χ2n) is 5.69. The molecule has 1 fully saturated rings. The second kappa shape index (κ2) is 7.85. The molecule has 0 bridgehead atoms. The number of nitrogens with zero attached hydrogens (tertiary/aromatic N) is 1. The number of aryl methyl sites for hydroxylation is 1. The standard InChI is InChI=1S/C20H16BrNO2S/c1-14-5-7-16(8-6-14)13-22-19(23)18(25-20(22)24)4-2-3-15-9-11-17(21)12-10-15/h2-12H,13H2,1H3/b3-2+,18-4-. The fourth-order valence-electron chi connectivity index (χ4n) is 2.35. The molecule has 2 aromatic rings. The van der Waals surface area contributed by atoms with E-state index >= 15 is 0 Å². The molecule has 0 aliphatic carbocycles. The SMILES string of the molecule is Cc1ccc(CN2C(=O)S/C(=C\C=C\c3ccc(Br)cc3)C2=O)cc1. The molecule has 3 nitrogen and oxygen atoms in total. The summed E-state index contributed by atoms with van der Waals surface area (Å²) in [5, 5.41) is -0.228. The van der Waals surface area contributed by atoms with Crippen molar-refractivity contribution in [1.29, 1.82) is 0 Å². The monoisotopic (exact) mass is 413 g/mol. The number of hydrogen-bond donors (Lipinski definition) is 0. The third kappa shape index (κ3) is 4.50. The van der Waals surface area contributed by atoms with Gasteiger partial charge in [-0.1, -0.05) is 70.0 Å². The van der Waals surface area contributed by atoms with E-state index in [0.29, 0.717) is 11.4 Å². The number of thioether (sulfide) groups is 1. The van der Waals surface area contributed by atoms with Gasteiger partial charge in [0.15, 0.2) is 0 Å². The molecule has 25 heavy (non-hydrogen) atoms. The molecular formula is C20H16BrNO2S. The Morgan fingerprint density at radius 1 is 1.04 bits per heavy atom. The van der Waals surface area contributed by atoms with Gasteiger partial charge in [0.05, 0.1) is 11.4 Å². The predicted molar refractivity (Wildman–Crippen MR) is 106 cm³/mol. The maximum absolute atomic E-state index is 12.5. The van der Waals surface area contributed by atoms with E-state index in [1.54, 1.807) is 12.2 Å². The Labute approximate surface area is 159 Å². The van der Waals surface area contributed by atoms with Crippen molar-refractivity contribution in [1.82, 2.24) is 4.90 Å². The number of imide groups is 1. The molecule has 0 spiro atoms. The van der Waals surface area contributed by atoms with Gasteiger partial charge in [0.2, 0.25) is 0 Å². The maximum atomic E-state index is 12.5. The summed E-state index contributed by atoms with van der Waals surface area (Å²) in [6.07, 6.45) is 5.40. The van der Waals surface area contributed by atoms with Crippen molar-refractivity contribution in [3.8, 4) is 0 Å². The van der Waals surface area contributed by atoms with Crippen molar-refractivity contribution in [3.63, 3.8) is 0 Å². The molecule has 0 radical (unpaired) electrons. The van der Waals surface area contributed by atoms with Gasteiger partial charge >= 0.3 is 0 Å². The Hall–Kier alpha value is -2.11. The zero-order valence-electron chi connectivity index (χ0n) is 13.6. The summed E-state index contributed by atoms with van der Waals surface area (Å²) in [5.74, 6) is -0.240. The van der Waals surface area contributed by atoms with E-state index in [1.807, 2.05) is 61.5 Å². The van der Waals surface area contributed by atoms with E-state index in [2.05, 4.69) is 15.9 Å². The van der Waals surface area contributed by atoms with Crippen LogP contribution < -0.4 is 0 Å². The van der Waals surface area contributed by atoms with Gasteiger partial charge in [-0.25, -0.2) is 0 Å². The van der Waals surface area contributed by atoms with E-state index in [1.165, 1.54) is 4.90 Å². The number of allylic oxidation sites excluding steroid dienone is 2. The Bertz CT molecular complexity index is 854. The highest BCUT2D eigenvalue weighted by Crippen LogP contribution is 2.31. The van der Waals surface area contributed by atoms with Crippen LogP contribution in [0, 0.1) is 6.92 Å². The Balaban J connectivity index is 1.69. The highest BCUT2D eigenvalue weighted by molar-refractivity contribution is 9.10. The van der Waals surface area contributed by atoms with Crippen LogP contribution in [0.4, 0.5) is 4.79 Å². The molecule has 0 unspecified atom stereocenters. The Kier molecular flexibility index (Phi) is 5.56. The number of hydrogen-bond acceptors (Lipinski definition) is 3.